The third-order valence-electron chi connectivity index (χ3n) is 1.52. The first-order valence-electron chi connectivity index (χ1n) is 3.42. The van der Waals surface area contributed by atoms with E-state index >= 15 is 0 Å². The molecule has 0 unspecified atom stereocenters. The summed E-state index contributed by atoms with van der Waals surface area (Å²) in [6.45, 7) is 0.253. The van der Waals surface area contributed by atoms with Crippen LogP contribution < -0.4 is 10.6 Å². The van der Waals surface area contributed by atoms with Gasteiger partial charge in [-0.3, -0.25) is 4.84 Å². The van der Waals surface area contributed by atoms with Crippen LogP contribution in [0.1, 0.15) is 5.56 Å². The Hall–Kier alpha value is -0.770. The number of nitrogens with two attached hydrogens (primary N) is 1. The van der Waals surface area contributed by atoms with Gasteiger partial charge in [0.05, 0.1) is 13.7 Å². The molecule has 0 radical (unpaired) electrons. The van der Waals surface area contributed by atoms with Gasteiger partial charge in [0.15, 0.2) is 0 Å². The van der Waals surface area contributed by atoms with Crippen molar-refractivity contribution in [2.45, 2.75) is 6.61 Å². The van der Waals surface area contributed by atoms with Gasteiger partial charge in [-0.2, -0.15) is 0 Å². The molecular weight excluding hydrogens is 178 g/mol. The lowest BCUT2D eigenvalue weighted by Crippen LogP contribution is -2.01. The first-order chi connectivity index (χ1) is 5.79. The summed E-state index contributed by atoms with van der Waals surface area (Å²) < 4.78 is 5.06. The molecule has 0 amide bonds. The highest BCUT2D eigenvalue weighted by Crippen LogP contribution is 2.26. The van der Waals surface area contributed by atoms with Crippen LogP contribution in [0.3, 0.4) is 0 Å². The maximum Gasteiger partial charge on any atom is 0.125 e. The minimum Gasteiger partial charge on any atom is -0.496 e. The van der Waals surface area contributed by atoms with E-state index in [-0.39, 0.29) is 6.61 Å². The molecule has 2 N–H and O–H groups in total. The molecule has 0 spiro atoms. The summed E-state index contributed by atoms with van der Waals surface area (Å²) in [6.07, 6.45) is 0. The van der Waals surface area contributed by atoms with Gasteiger partial charge in [0.2, 0.25) is 0 Å². The van der Waals surface area contributed by atoms with Crippen LogP contribution in [-0.2, 0) is 11.4 Å². The van der Waals surface area contributed by atoms with Crippen molar-refractivity contribution in [2.24, 2.45) is 5.90 Å². The van der Waals surface area contributed by atoms with Crippen molar-refractivity contribution in [3.63, 3.8) is 0 Å². The number of rotatable bonds is 3. The van der Waals surface area contributed by atoms with Crippen molar-refractivity contribution < 1.29 is 9.57 Å². The summed E-state index contributed by atoms with van der Waals surface area (Å²) in [5.41, 5.74) is 0.768. The van der Waals surface area contributed by atoms with E-state index in [0.29, 0.717) is 10.8 Å². The molecule has 12 heavy (non-hydrogen) atoms. The maximum atomic E-state index is 5.87. The third-order valence-corrected chi connectivity index (χ3v) is 1.88. The second kappa shape index (κ2) is 4.30. The summed E-state index contributed by atoms with van der Waals surface area (Å²) in [4.78, 5) is 4.49. The Labute approximate surface area is 76.0 Å². The van der Waals surface area contributed by atoms with Gasteiger partial charge in [-0.05, 0) is 12.1 Å². The number of benzene rings is 1. The van der Waals surface area contributed by atoms with Gasteiger partial charge in [0, 0.05) is 10.6 Å². The second-order valence-corrected chi connectivity index (χ2v) is 2.64. The Morgan fingerprint density at radius 3 is 2.83 bits per heavy atom. The summed E-state index contributed by atoms with van der Waals surface area (Å²) in [5.74, 6) is 5.63. The third kappa shape index (κ3) is 1.88. The number of ether oxygens (including phenoxy) is 1. The molecule has 0 aliphatic carbocycles. The fourth-order valence-corrected chi connectivity index (χ4v) is 1.17. The molecule has 0 bridgehead atoms. The van der Waals surface area contributed by atoms with Crippen LogP contribution in [0.15, 0.2) is 18.2 Å². The van der Waals surface area contributed by atoms with Gasteiger partial charge < -0.3 is 4.74 Å². The number of hydrogen-bond donors (Lipinski definition) is 1. The van der Waals surface area contributed by atoms with Crippen molar-refractivity contribution in [1.82, 2.24) is 0 Å². The molecule has 3 nitrogen and oxygen atoms in total. The van der Waals surface area contributed by atoms with Crippen LogP contribution in [0.2, 0.25) is 5.02 Å². The molecule has 0 saturated heterocycles. The Morgan fingerprint density at radius 1 is 1.50 bits per heavy atom. The number of hydrogen-bond acceptors (Lipinski definition) is 3. The van der Waals surface area contributed by atoms with Crippen molar-refractivity contribution in [3.8, 4) is 5.75 Å². The van der Waals surface area contributed by atoms with Gasteiger partial charge >= 0.3 is 0 Å². The first kappa shape index (κ1) is 9.32. The highest BCUT2D eigenvalue weighted by atomic mass is 35.5. The minimum atomic E-state index is 0.253. The monoisotopic (exact) mass is 187 g/mol. The molecule has 0 aliphatic rings. The van der Waals surface area contributed by atoms with E-state index in [4.69, 9.17) is 22.2 Å². The molecule has 0 fully saturated rings. The Kier molecular flexibility index (Phi) is 3.34. The predicted molar refractivity (Wildman–Crippen MR) is 47.0 cm³/mol. The average Bonchev–Trinajstić information content (AvgIpc) is 2.09. The Balaban J connectivity index is 3.02. The summed E-state index contributed by atoms with van der Waals surface area (Å²) in [6, 6.07) is 5.37. The van der Waals surface area contributed by atoms with Crippen molar-refractivity contribution in [2.75, 3.05) is 7.11 Å². The molecule has 1 aromatic carbocycles. The van der Waals surface area contributed by atoms with Gasteiger partial charge in [0.25, 0.3) is 0 Å². The van der Waals surface area contributed by atoms with E-state index in [1.807, 2.05) is 0 Å². The van der Waals surface area contributed by atoms with Crippen molar-refractivity contribution >= 4 is 11.6 Å². The highest BCUT2D eigenvalue weighted by Gasteiger charge is 2.06. The quantitative estimate of drug-likeness (QED) is 0.734. The van der Waals surface area contributed by atoms with Crippen molar-refractivity contribution in [1.29, 1.82) is 0 Å². The molecule has 0 aliphatic heterocycles. The van der Waals surface area contributed by atoms with E-state index < -0.39 is 0 Å². The van der Waals surface area contributed by atoms with E-state index in [2.05, 4.69) is 4.84 Å². The van der Waals surface area contributed by atoms with Crippen LogP contribution in [0.5, 0.6) is 5.75 Å². The molecular formula is C8H10ClNO2. The Morgan fingerprint density at radius 2 is 2.25 bits per heavy atom. The molecule has 0 atom stereocenters. The van der Waals surface area contributed by atoms with E-state index in [1.54, 1.807) is 25.3 Å². The molecule has 1 rings (SSSR count). The molecule has 66 valence electrons. The second-order valence-electron chi connectivity index (χ2n) is 2.23. The van der Waals surface area contributed by atoms with Crippen LogP contribution in [-0.4, -0.2) is 7.11 Å². The number of methoxy groups -OCH3 is 1. The fraction of sp³-hybridized carbons (Fsp3) is 0.250. The smallest absolute Gasteiger partial charge is 0.125 e. The van der Waals surface area contributed by atoms with Crippen LogP contribution in [0, 0.1) is 0 Å². The lowest BCUT2D eigenvalue weighted by Gasteiger charge is -2.08. The van der Waals surface area contributed by atoms with E-state index in [9.17, 15) is 0 Å². The zero-order valence-corrected chi connectivity index (χ0v) is 7.47. The van der Waals surface area contributed by atoms with E-state index in [0.717, 1.165) is 5.56 Å². The molecule has 0 saturated carbocycles. The summed E-state index contributed by atoms with van der Waals surface area (Å²) in [5, 5.41) is 0.597. The normalized spacial score (nSPS) is 9.92. The summed E-state index contributed by atoms with van der Waals surface area (Å²) >= 11 is 5.87. The van der Waals surface area contributed by atoms with Crippen LogP contribution in [0.4, 0.5) is 0 Å². The topological polar surface area (TPSA) is 44.5 Å². The van der Waals surface area contributed by atoms with Crippen LogP contribution in [0.25, 0.3) is 0 Å². The van der Waals surface area contributed by atoms with Crippen molar-refractivity contribution in [3.05, 3.63) is 28.8 Å². The number of halogens is 1. The first-order valence-corrected chi connectivity index (χ1v) is 3.80. The largest absolute Gasteiger partial charge is 0.496 e. The van der Waals surface area contributed by atoms with Gasteiger partial charge in [-0.1, -0.05) is 17.7 Å². The molecule has 4 heteroatoms. The molecule has 1 aromatic rings. The van der Waals surface area contributed by atoms with Gasteiger partial charge in [0.1, 0.15) is 5.75 Å². The fourth-order valence-electron chi connectivity index (χ4n) is 0.954. The van der Waals surface area contributed by atoms with Gasteiger partial charge in [-0.15, -0.1) is 0 Å². The minimum absolute atomic E-state index is 0.253. The zero-order valence-electron chi connectivity index (χ0n) is 6.71. The zero-order chi connectivity index (χ0) is 8.97. The lowest BCUT2D eigenvalue weighted by atomic mass is 10.2. The molecule has 0 heterocycles. The predicted octanol–water partition coefficient (Wildman–Crippen LogP) is 1.74. The van der Waals surface area contributed by atoms with Gasteiger partial charge in [-0.25, -0.2) is 5.90 Å². The van der Waals surface area contributed by atoms with Crippen LogP contribution >= 0.6 is 11.6 Å². The SMILES string of the molecule is COc1cccc(Cl)c1CON. The standard InChI is InChI=1S/C8H10ClNO2/c1-11-8-4-2-3-7(9)6(8)5-12-10/h2-4H,5,10H2,1H3. The molecule has 0 aromatic heterocycles. The lowest BCUT2D eigenvalue weighted by molar-refractivity contribution is 0.122. The maximum absolute atomic E-state index is 5.87. The Bertz CT molecular complexity index is 265. The van der Waals surface area contributed by atoms with E-state index in [1.165, 1.54) is 0 Å². The average molecular weight is 188 g/mol. The summed E-state index contributed by atoms with van der Waals surface area (Å²) in [7, 11) is 1.58. The highest BCUT2D eigenvalue weighted by molar-refractivity contribution is 6.31.